The minimum absolute atomic E-state index is 0.714. The Morgan fingerprint density at radius 1 is 1.64 bits per heavy atom. The van der Waals surface area contributed by atoms with Crippen LogP contribution in [0, 0.1) is 11.8 Å². The van der Waals surface area contributed by atoms with E-state index in [1.165, 1.54) is 6.42 Å². The molecule has 78 valence electrons. The van der Waals surface area contributed by atoms with Crippen molar-refractivity contribution in [3.05, 3.63) is 22.6 Å². The lowest BCUT2D eigenvalue weighted by atomic mass is 9.85. The third kappa shape index (κ3) is 2.20. The van der Waals surface area contributed by atoms with Crippen molar-refractivity contribution in [2.24, 2.45) is 11.8 Å². The molecule has 0 spiro atoms. The Hall–Kier alpha value is -0.280. The Labute approximate surface area is 93.2 Å². The molecule has 0 radical (unpaired) electrons. The molecule has 3 heteroatoms. The zero-order chi connectivity index (χ0) is 9.97. The molecule has 14 heavy (non-hydrogen) atoms. The molecule has 0 aromatic carbocycles. The van der Waals surface area contributed by atoms with Crippen molar-refractivity contribution in [1.82, 2.24) is 5.32 Å². The largest absolute Gasteiger partial charge is 0.468 e. The van der Waals surface area contributed by atoms with E-state index in [0.29, 0.717) is 5.92 Å². The van der Waals surface area contributed by atoms with Gasteiger partial charge in [-0.3, -0.25) is 0 Å². The van der Waals surface area contributed by atoms with Gasteiger partial charge in [-0.15, -0.1) is 0 Å². The number of nitrogens with one attached hydrogen (secondary N) is 1. The summed E-state index contributed by atoms with van der Waals surface area (Å²) in [4.78, 5) is 0. The number of furan rings is 1. The summed E-state index contributed by atoms with van der Waals surface area (Å²) in [7, 11) is 0. The van der Waals surface area contributed by atoms with E-state index in [0.717, 1.165) is 35.7 Å². The van der Waals surface area contributed by atoms with Gasteiger partial charge in [0.2, 0.25) is 0 Å². The van der Waals surface area contributed by atoms with E-state index in [-0.39, 0.29) is 0 Å². The summed E-state index contributed by atoms with van der Waals surface area (Å²) in [5, 5.41) is 3.44. The van der Waals surface area contributed by atoms with Gasteiger partial charge in [-0.25, -0.2) is 0 Å². The maximum Gasteiger partial charge on any atom is 0.118 e. The summed E-state index contributed by atoms with van der Waals surface area (Å²) in [5.41, 5.74) is 0. The van der Waals surface area contributed by atoms with E-state index in [4.69, 9.17) is 4.42 Å². The van der Waals surface area contributed by atoms with Crippen LogP contribution in [-0.4, -0.2) is 13.1 Å². The predicted octanol–water partition coefficient (Wildman–Crippen LogP) is 2.83. The topological polar surface area (TPSA) is 25.2 Å². The van der Waals surface area contributed by atoms with Crippen LogP contribution in [0.1, 0.15) is 19.1 Å². The average molecular weight is 258 g/mol. The van der Waals surface area contributed by atoms with Gasteiger partial charge in [0.1, 0.15) is 5.76 Å². The molecule has 0 bridgehead atoms. The van der Waals surface area contributed by atoms with Crippen molar-refractivity contribution in [2.75, 3.05) is 13.1 Å². The summed E-state index contributed by atoms with van der Waals surface area (Å²) in [6.07, 6.45) is 4.07. The van der Waals surface area contributed by atoms with Crippen molar-refractivity contribution in [2.45, 2.75) is 19.8 Å². The van der Waals surface area contributed by atoms with Crippen LogP contribution < -0.4 is 5.32 Å². The Bertz CT molecular complexity index is 297. The van der Waals surface area contributed by atoms with Gasteiger partial charge >= 0.3 is 0 Å². The maximum absolute atomic E-state index is 5.44. The zero-order valence-corrected chi connectivity index (χ0v) is 10.0. The van der Waals surface area contributed by atoms with Crippen LogP contribution in [0.5, 0.6) is 0 Å². The zero-order valence-electron chi connectivity index (χ0n) is 8.42. The van der Waals surface area contributed by atoms with Crippen LogP contribution in [0.25, 0.3) is 0 Å². The molecule has 1 aromatic heterocycles. The molecule has 1 aromatic rings. The fourth-order valence-corrected chi connectivity index (χ4v) is 2.40. The van der Waals surface area contributed by atoms with E-state index in [1.54, 1.807) is 6.26 Å². The second-order valence-electron chi connectivity index (χ2n) is 4.13. The van der Waals surface area contributed by atoms with E-state index in [9.17, 15) is 0 Å². The van der Waals surface area contributed by atoms with Crippen LogP contribution in [0.3, 0.4) is 0 Å². The van der Waals surface area contributed by atoms with Crippen LogP contribution in [0.15, 0.2) is 21.2 Å². The van der Waals surface area contributed by atoms with Gasteiger partial charge < -0.3 is 9.73 Å². The molecule has 0 aliphatic carbocycles. The Morgan fingerprint density at radius 2 is 2.50 bits per heavy atom. The second kappa shape index (κ2) is 4.49. The second-order valence-corrected chi connectivity index (χ2v) is 4.98. The Kier molecular flexibility index (Phi) is 3.29. The first-order chi connectivity index (χ1) is 6.77. The summed E-state index contributed by atoms with van der Waals surface area (Å²) in [6.45, 7) is 4.62. The van der Waals surface area contributed by atoms with E-state index in [2.05, 4.69) is 28.2 Å². The quantitative estimate of drug-likeness (QED) is 0.882. The Balaban J connectivity index is 1.99. The Morgan fingerprint density at radius 3 is 3.14 bits per heavy atom. The lowest BCUT2D eigenvalue weighted by molar-refractivity contribution is 0.259. The third-order valence-electron chi connectivity index (χ3n) is 3.13. The summed E-state index contributed by atoms with van der Waals surface area (Å²) in [6, 6.07) is 1.97. The highest BCUT2D eigenvalue weighted by Crippen LogP contribution is 2.26. The molecule has 2 heterocycles. The van der Waals surface area contributed by atoms with Crippen LogP contribution in [-0.2, 0) is 6.42 Å². The molecule has 1 aliphatic heterocycles. The number of hydrogen-bond acceptors (Lipinski definition) is 2. The molecular formula is C11H16BrNO. The minimum atomic E-state index is 0.714. The van der Waals surface area contributed by atoms with Crippen molar-refractivity contribution >= 4 is 15.9 Å². The van der Waals surface area contributed by atoms with Gasteiger partial charge in [0.15, 0.2) is 0 Å². The summed E-state index contributed by atoms with van der Waals surface area (Å²) in [5.74, 6) is 2.60. The molecule has 2 unspecified atom stereocenters. The molecule has 0 saturated carbocycles. The van der Waals surface area contributed by atoms with Crippen LogP contribution in [0.2, 0.25) is 0 Å². The highest BCUT2D eigenvalue weighted by molar-refractivity contribution is 9.10. The van der Waals surface area contributed by atoms with Crippen molar-refractivity contribution in [3.63, 3.8) is 0 Å². The van der Waals surface area contributed by atoms with E-state index in [1.807, 2.05) is 6.07 Å². The third-order valence-corrected chi connectivity index (χ3v) is 3.83. The van der Waals surface area contributed by atoms with E-state index >= 15 is 0 Å². The summed E-state index contributed by atoms with van der Waals surface area (Å²) >= 11 is 3.50. The van der Waals surface area contributed by atoms with Crippen LogP contribution in [0.4, 0.5) is 0 Å². The van der Waals surface area contributed by atoms with Crippen molar-refractivity contribution in [1.29, 1.82) is 0 Å². The standard InChI is InChI=1S/C11H16BrNO/c1-8-2-4-13-7-9(8)6-11-10(12)3-5-14-11/h3,5,8-9,13H,2,4,6-7H2,1H3. The molecule has 1 fully saturated rings. The van der Waals surface area contributed by atoms with Gasteiger partial charge in [-0.05, 0) is 53.3 Å². The average Bonchev–Trinajstić information content (AvgIpc) is 2.56. The highest BCUT2D eigenvalue weighted by Gasteiger charge is 2.22. The number of piperidine rings is 1. The molecule has 2 nitrogen and oxygen atoms in total. The number of rotatable bonds is 2. The first kappa shape index (κ1) is 10.2. The highest BCUT2D eigenvalue weighted by atomic mass is 79.9. The monoisotopic (exact) mass is 257 g/mol. The van der Waals surface area contributed by atoms with Crippen molar-refractivity contribution < 1.29 is 4.42 Å². The first-order valence-corrected chi connectivity index (χ1v) is 5.99. The molecule has 1 N–H and O–H groups in total. The normalized spacial score (nSPS) is 27.9. The maximum atomic E-state index is 5.44. The smallest absolute Gasteiger partial charge is 0.118 e. The molecule has 2 rings (SSSR count). The molecule has 2 atom stereocenters. The van der Waals surface area contributed by atoms with Gasteiger partial charge in [-0.2, -0.15) is 0 Å². The lowest BCUT2D eigenvalue weighted by Crippen LogP contribution is -2.36. The molecular weight excluding hydrogens is 242 g/mol. The van der Waals surface area contributed by atoms with Gasteiger partial charge in [0.05, 0.1) is 10.7 Å². The summed E-state index contributed by atoms with van der Waals surface area (Å²) < 4.78 is 6.55. The molecule has 0 amide bonds. The van der Waals surface area contributed by atoms with E-state index < -0.39 is 0 Å². The fraction of sp³-hybridized carbons (Fsp3) is 0.636. The SMILES string of the molecule is CC1CCNCC1Cc1occc1Br. The number of halogens is 1. The van der Waals surface area contributed by atoms with Gasteiger partial charge in [0.25, 0.3) is 0 Å². The molecule has 1 saturated heterocycles. The fourth-order valence-electron chi connectivity index (χ4n) is 2.04. The molecule has 1 aliphatic rings. The predicted molar refractivity (Wildman–Crippen MR) is 60.3 cm³/mol. The van der Waals surface area contributed by atoms with Crippen LogP contribution >= 0.6 is 15.9 Å². The lowest BCUT2D eigenvalue weighted by Gasteiger charge is -2.28. The van der Waals surface area contributed by atoms with Gasteiger partial charge in [0, 0.05) is 6.42 Å². The number of hydrogen-bond donors (Lipinski definition) is 1. The van der Waals surface area contributed by atoms with Gasteiger partial charge in [-0.1, -0.05) is 6.92 Å². The minimum Gasteiger partial charge on any atom is -0.468 e. The first-order valence-electron chi connectivity index (χ1n) is 5.20. The van der Waals surface area contributed by atoms with Crippen molar-refractivity contribution in [3.8, 4) is 0 Å².